The number of aliphatic imine (C=N–C) groups is 1. The van der Waals surface area contributed by atoms with Gasteiger partial charge in [-0.15, -0.1) is 0 Å². The molecular formula is C32H31FN6O4. The van der Waals surface area contributed by atoms with E-state index in [1.54, 1.807) is 45.8 Å². The quantitative estimate of drug-likeness (QED) is 0.282. The number of fused-ring (bicyclic) bond motifs is 1. The monoisotopic (exact) mass is 582 g/mol. The summed E-state index contributed by atoms with van der Waals surface area (Å²) in [4.78, 5) is 62.9. The van der Waals surface area contributed by atoms with Crippen LogP contribution in [-0.4, -0.2) is 36.8 Å². The Bertz CT molecular complexity index is 1890. The van der Waals surface area contributed by atoms with Crippen LogP contribution in [0.1, 0.15) is 60.1 Å². The van der Waals surface area contributed by atoms with Crippen molar-refractivity contribution >= 4 is 23.3 Å². The van der Waals surface area contributed by atoms with Gasteiger partial charge in [-0.05, 0) is 68.1 Å². The van der Waals surface area contributed by atoms with Gasteiger partial charge in [-0.3, -0.25) is 28.4 Å². The van der Waals surface area contributed by atoms with Crippen LogP contribution in [0.2, 0.25) is 0 Å². The van der Waals surface area contributed by atoms with Gasteiger partial charge in [0.05, 0.1) is 11.3 Å². The van der Waals surface area contributed by atoms with E-state index in [0.29, 0.717) is 53.5 Å². The lowest BCUT2D eigenvalue weighted by Crippen LogP contribution is -2.40. The highest BCUT2D eigenvalue weighted by atomic mass is 19.1. The van der Waals surface area contributed by atoms with Crippen molar-refractivity contribution < 1.29 is 9.18 Å². The highest BCUT2D eigenvalue weighted by Crippen LogP contribution is 2.34. The molecule has 0 bridgehead atoms. The van der Waals surface area contributed by atoms with Crippen molar-refractivity contribution in [2.75, 3.05) is 11.4 Å². The van der Waals surface area contributed by atoms with E-state index in [2.05, 4.69) is 4.98 Å². The second-order valence-corrected chi connectivity index (χ2v) is 10.8. The predicted octanol–water partition coefficient (Wildman–Crippen LogP) is 3.86. The third-order valence-electron chi connectivity index (χ3n) is 7.76. The van der Waals surface area contributed by atoms with Gasteiger partial charge in [0.1, 0.15) is 17.5 Å². The first-order valence-electron chi connectivity index (χ1n) is 14.5. The zero-order valence-corrected chi connectivity index (χ0v) is 23.8. The van der Waals surface area contributed by atoms with E-state index in [4.69, 9.17) is 4.99 Å². The maximum Gasteiger partial charge on any atom is 0.332 e. The van der Waals surface area contributed by atoms with Gasteiger partial charge < -0.3 is 4.57 Å². The third-order valence-corrected chi connectivity index (χ3v) is 7.76. The molecule has 4 heterocycles. The summed E-state index contributed by atoms with van der Waals surface area (Å²) in [6.07, 6.45) is 6.45. The van der Waals surface area contributed by atoms with Crippen molar-refractivity contribution in [3.63, 3.8) is 0 Å². The highest BCUT2D eigenvalue weighted by Gasteiger charge is 2.33. The van der Waals surface area contributed by atoms with Gasteiger partial charge in [0.2, 0.25) is 5.56 Å². The van der Waals surface area contributed by atoms with Crippen LogP contribution in [0, 0.1) is 5.82 Å². The van der Waals surface area contributed by atoms with E-state index in [9.17, 15) is 23.6 Å². The topological polar surface area (TPSA) is 112 Å². The number of halogens is 1. The molecule has 11 heteroatoms. The molecule has 4 aromatic rings. The molecule has 0 saturated heterocycles. The molecule has 0 spiro atoms. The Hall–Kier alpha value is -4.93. The number of carbonyl (C=O) groups is 1. The van der Waals surface area contributed by atoms with Crippen LogP contribution in [-0.2, 0) is 19.5 Å². The average Bonchev–Trinajstić information content (AvgIpc) is 3.75. The fourth-order valence-corrected chi connectivity index (χ4v) is 5.40. The molecule has 0 N–H and O–H groups in total. The first-order valence-corrected chi connectivity index (χ1v) is 14.5. The summed E-state index contributed by atoms with van der Waals surface area (Å²) < 4.78 is 18.1. The molecule has 0 atom stereocenters. The number of aromatic nitrogens is 4. The van der Waals surface area contributed by atoms with Gasteiger partial charge in [-0.2, -0.15) is 0 Å². The maximum atomic E-state index is 13.6. The predicted molar refractivity (Wildman–Crippen MR) is 161 cm³/mol. The number of amides is 1. The standard InChI is InChI=1S/C32H31FN6O4/c1-2-15-38-29-25(31(42)39(32(38)43)24-12-13-24)19-26(35-29)22-9-14-27(34-20-22)37(30(41)21-7-10-23(33)11-8-21)18-5-17-36-16-4-3-6-28(36)40/h3-4,6-11,14,16,20,24H,2,5,12-13,15,17-19H2,1H3. The lowest BCUT2D eigenvalue weighted by Gasteiger charge is -2.22. The lowest BCUT2D eigenvalue weighted by molar-refractivity contribution is 0.0985. The van der Waals surface area contributed by atoms with Crippen LogP contribution in [0.15, 0.2) is 86.4 Å². The van der Waals surface area contributed by atoms with Crippen molar-refractivity contribution in [1.29, 1.82) is 0 Å². The number of benzene rings is 1. The minimum Gasteiger partial charge on any atom is -0.315 e. The van der Waals surface area contributed by atoms with Crippen molar-refractivity contribution in [2.24, 2.45) is 4.99 Å². The normalized spacial score (nSPS) is 14.0. The van der Waals surface area contributed by atoms with Gasteiger partial charge in [-0.25, -0.2) is 19.2 Å². The van der Waals surface area contributed by atoms with Crippen LogP contribution >= 0.6 is 0 Å². The summed E-state index contributed by atoms with van der Waals surface area (Å²) >= 11 is 0. The van der Waals surface area contributed by atoms with Crippen molar-refractivity contribution in [3.8, 4) is 0 Å². The summed E-state index contributed by atoms with van der Waals surface area (Å²) in [7, 11) is 0. The molecule has 43 heavy (non-hydrogen) atoms. The van der Waals surface area contributed by atoms with Gasteiger partial charge in [0, 0.05) is 61.7 Å². The Labute approximate surface area is 246 Å². The Morgan fingerprint density at radius 1 is 1.02 bits per heavy atom. The zero-order chi connectivity index (χ0) is 30.1. The molecule has 1 saturated carbocycles. The average molecular weight is 583 g/mol. The SMILES string of the molecule is CCCn1c2c(c(=O)n(C3CC3)c1=O)CC(c1ccc(N(CCCn3ccccc3=O)C(=O)c3ccc(F)cc3)nc1)=N2. The minimum absolute atomic E-state index is 0.0384. The summed E-state index contributed by atoms with van der Waals surface area (Å²) in [5, 5.41) is 0. The number of hydrogen-bond acceptors (Lipinski definition) is 6. The summed E-state index contributed by atoms with van der Waals surface area (Å²) in [5.41, 5.74) is 1.42. The molecule has 1 fully saturated rings. The molecule has 1 aliphatic carbocycles. The fourth-order valence-electron chi connectivity index (χ4n) is 5.40. The first-order chi connectivity index (χ1) is 20.9. The molecule has 1 aliphatic heterocycles. The molecule has 220 valence electrons. The van der Waals surface area contributed by atoms with Crippen LogP contribution in [0.25, 0.3) is 0 Å². The molecule has 1 aromatic carbocycles. The molecule has 0 radical (unpaired) electrons. The largest absolute Gasteiger partial charge is 0.332 e. The number of hydrogen-bond donors (Lipinski definition) is 0. The molecule has 1 amide bonds. The Morgan fingerprint density at radius 3 is 2.49 bits per heavy atom. The number of aryl methyl sites for hydroxylation is 1. The molecule has 0 unspecified atom stereocenters. The van der Waals surface area contributed by atoms with Crippen LogP contribution in [0.3, 0.4) is 0 Å². The third kappa shape index (κ3) is 5.62. The minimum atomic E-state index is -0.444. The number of carbonyl (C=O) groups excluding carboxylic acids is 1. The van der Waals surface area contributed by atoms with E-state index < -0.39 is 5.82 Å². The molecular weight excluding hydrogens is 551 g/mol. The maximum absolute atomic E-state index is 13.6. The Balaban J connectivity index is 1.28. The summed E-state index contributed by atoms with van der Waals surface area (Å²) in [5.74, 6) is 0.00163. The van der Waals surface area contributed by atoms with Crippen molar-refractivity contribution in [2.45, 2.75) is 58.2 Å². The number of rotatable bonds is 10. The van der Waals surface area contributed by atoms with E-state index in [0.717, 1.165) is 19.3 Å². The molecule has 3 aromatic heterocycles. The van der Waals surface area contributed by atoms with Crippen LogP contribution in [0.4, 0.5) is 16.0 Å². The van der Waals surface area contributed by atoms with E-state index in [1.165, 1.54) is 39.8 Å². The van der Waals surface area contributed by atoms with E-state index in [1.807, 2.05) is 6.92 Å². The zero-order valence-electron chi connectivity index (χ0n) is 23.8. The Morgan fingerprint density at radius 2 is 1.81 bits per heavy atom. The van der Waals surface area contributed by atoms with Gasteiger partial charge in [-0.1, -0.05) is 13.0 Å². The summed E-state index contributed by atoms with van der Waals surface area (Å²) in [6, 6.07) is 13.7. The van der Waals surface area contributed by atoms with Crippen molar-refractivity contribution in [1.82, 2.24) is 18.7 Å². The van der Waals surface area contributed by atoms with Gasteiger partial charge in [0.15, 0.2) is 0 Å². The number of pyridine rings is 2. The molecule has 6 rings (SSSR count). The second kappa shape index (κ2) is 11.7. The van der Waals surface area contributed by atoms with Crippen LogP contribution < -0.4 is 21.7 Å². The molecule has 2 aliphatic rings. The smallest absolute Gasteiger partial charge is 0.315 e. The Kier molecular flexibility index (Phi) is 7.71. The van der Waals surface area contributed by atoms with E-state index >= 15 is 0 Å². The second-order valence-electron chi connectivity index (χ2n) is 10.8. The highest BCUT2D eigenvalue weighted by molar-refractivity contribution is 6.07. The fraction of sp³-hybridized carbons (Fsp3) is 0.312. The first kappa shape index (κ1) is 28.2. The van der Waals surface area contributed by atoms with Gasteiger partial charge in [0.25, 0.3) is 11.5 Å². The van der Waals surface area contributed by atoms with E-state index in [-0.39, 0.29) is 41.7 Å². The molecule has 10 nitrogen and oxygen atoms in total. The van der Waals surface area contributed by atoms with Crippen molar-refractivity contribution in [3.05, 3.63) is 121 Å². The number of nitrogens with zero attached hydrogens (tertiary/aromatic N) is 6. The summed E-state index contributed by atoms with van der Waals surface area (Å²) in [6.45, 7) is 3.11. The lowest BCUT2D eigenvalue weighted by atomic mass is 10.1. The van der Waals surface area contributed by atoms with Crippen LogP contribution in [0.5, 0.6) is 0 Å². The van der Waals surface area contributed by atoms with Gasteiger partial charge >= 0.3 is 5.69 Å². The number of anilines is 1.